The molecular formula is C14H24N2. The van der Waals surface area contributed by atoms with Crippen LogP contribution < -0.4 is 5.32 Å². The van der Waals surface area contributed by atoms with Crippen molar-refractivity contribution in [2.75, 3.05) is 19.4 Å². The molecule has 0 aliphatic carbocycles. The van der Waals surface area contributed by atoms with E-state index in [9.17, 15) is 0 Å². The van der Waals surface area contributed by atoms with Crippen LogP contribution in [-0.2, 0) is 6.54 Å². The first kappa shape index (κ1) is 13.0. The molecule has 1 aromatic rings. The molecule has 0 radical (unpaired) electrons. The summed E-state index contributed by atoms with van der Waals surface area (Å²) in [5, 5.41) is 3.55. The van der Waals surface area contributed by atoms with Crippen molar-refractivity contribution in [1.29, 1.82) is 0 Å². The first-order valence-electron chi connectivity index (χ1n) is 6.15. The molecule has 2 heteroatoms. The average Bonchev–Trinajstić information content (AvgIpc) is 2.27. The Hall–Kier alpha value is -1.02. The Morgan fingerprint density at radius 2 is 1.62 bits per heavy atom. The van der Waals surface area contributed by atoms with E-state index in [1.54, 1.807) is 0 Å². The number of nitrogens with zero attached hydrogens (tertiary/aromatic N) is 1. The predicted octanol–water partition coefficient (Wildman–Crippen LogP) is 3.35. The molecule has 0 amide bonds. The third-order valence-corrected chi connectivity index (χ3v) is 2.81. The molecule has 0 aliphatic heterocycles. The molecule has 2 nitrogen and oxygen atoms in total. The summed E-state index contributed by atoms with van der Waals surface area (Å²) in [6.07, 6.45) is 2.35. The second-order valence-electron chi connectivity index (χ2n) is 4.59. The van der Waals surface area contributed by atoms with Crippen LogP contribution in [0, 0.1) is 0 Å². The maximum absolute atomic E-state index is 3.55. The Kier molecular flexibility index (Phi) is 5.33. The van der Waals surface area contributed by atoms with Gasteiger partial charge in [0.25, 0.3) is 0 Å². The standard InChI is InChI=1S/C14H24N2/c1-5-13(6-2)15-14-9-7-12(8-10-14)11-16(3)4/h7-10,13,15H,5-6,11H2,1-4H3. The van der Waals surface area contributed by atoms with Crippen LogP contribution in [0.1, 0.15) is 32.3 Å². The molecule has 0 atom stereocenters. The van der Waals surface area contributed by atoms with Crippen molar-refractivity contribution in [3.8, 4) is 0 Å². The van der Waals surface area contributed by atoms with Crippen molar-refractivity contribution in [2.24, 2.45) is 0 Å². The monoisotopic (exact) mass is 220 g/mol. The fourth-order valence-electron chi connectivity index (χ4n) is 1.80. The Bertz CT molecular complexity index is 286. The fraction of sp³-hybridized carbons (Fsp3) is 0.571. The van der Waals surface area contributed by atoms with Gasteiger partial charge in [0.05, 0.1) is 0 Å². The second kappa shape index (κ2) is 6.54. The van der Waals surface area contributed by atoms with Gasteiger partial charge in [-0.1, -0.05) is 26.0 Å². The number of benzene rings is 1. The van der Waals surface area contributed by atoms with E-state index < -0.39 is 0 Å². The summed E-state index contributed by atoms with van der Waals surface area (Å²) in [7, 11) is 4.19. The van der Waals surface area contributed by atoms with E-state index in [0.29, 0.717) is 6.04 Å². The zero-order valence-electron chi connectivity index (χ0n) is 11.0. The average molecular weight is 220 g/mol. The lowest BCUT2D eigenvalue weighted by Gasteiger charge is -2.17. The maximum Gasteiger partial charge on any atom is 0.0342 e. The summed E-state index contributed by atoms with van der Waals surface area (Å²) in [5.41, 5.74) is 2.59. The zero-order valence-corrected chi connectivity index (χ0v) is 11.0. The van der Waals surface area contributed by atoms with Gasteiger partial charge in [0, 0.05) is 18.3 Å². The van der Waals surface area contributed by atoms with E-state index in [2.05, 4.69) is 62.4 Å². The number of hydrogen-bond donors (Lipinski definition) is 1. The minimum absolute atomic E-state index is 0.597. The van der Waals surface area contributed by atoms with Crippen molar-refractivity contribution in [3.63, 3.8) is 0 Å². The first-order chi connectivity index (χ1) is 7.65. The maximum atomic E-state index is 3.55. The van der Waals surface area contributed by atoms with Crippen LogP contribution in [0.2, 0.25) is 0 Å². The first-order valence-corrected chi connectivity index (χ1v) is 6.15. The molecule has 1 N–H and O–H groups in total. The highest BCUT2D eigenvalue weighted by atomic mass is 15.0. The van der Waals surface area contributed by atoms with Crippen LogP contribution in [0.25, 0.3) is 0 Å². The van der Waals surface area contributed by atoms with Gasteiger partial charge in [0.15, 0.2) is 0 Å². The highest BCUT2D eigenvalue weighted by Gasteiger charge is 2.02. The van der Waals surface area contributed by atoms with Gasteiger partial charge in [-0.05, 0) is 44.6 Å². The summed E-state index contributed by atoms with van der Waals surface area (Å²) in [5.74, 6) is 0. The minimum Gasteiger partial charge on any atom is -0.382 e. The van der Waals surface area contributed by atoms with Crippen molar-refractivity contribution in [2.45, 2.75) is 39.3 Å². The van der Waals surface area contributed by atoms with Gasteiger partial charge in [0.1, 0.15) is 0 Å². The van der Waals surface area contributed by atoms with Gasteiger partial charge in [0.2, 0.25) is 0 Å². The number of nitrogens with one attached hydrogen (secondary N) is 1. The highest BCUT2D eigenvalue weighted by molar-refractivity contribution is 5.45. The van der Waals surface area contributed by atoms with Gasteiger partial charge >= 0.3 is 0 Å². The molecule has 90 valence electrons. The van der Waals surface area contributed by atoms with Gasteiger partial charge in [-0.25, -0.2) is 0 Å². The molecule has 0 aliphatic rings. The Balaban J connectivity index is 2.57. The molecule has 0 saturated carbocycles. The van der Waals surface area contributed by atoms with Crippen molar-refractivity contribution >= 4 is 5.69 Å². The Morgan fingerprint density at radius 1 is 1.06 bits per heavy atom. The summed E-state index contributed by atoms with van der Waals surface area (Å²) < 4.78 is 0. The topological polar surface area (TPSA) is 15.3 Å². The molecule has 0 unspecified atom stereocenters. The molecule has 0 saturated heterocycles. The lowest BCUT2D eigenvalue weighted by molar-refractivity contribution is 0.402. The predicted molar refractivity (Wildman–Crippen MR) is 71.8 cm³/mol. The molecule has 0 bridgehead atoms. The molecule has 0 aromatic heterocycles. The smallest absolute Gasteiger partial charge is 0.0342 e. The Morgan fingerprint density at radius 3 is 2.06 bits per heavy atom. The van der Waals surface area contributed by atoms with Crippen molar-refractivity contribution in [1.82, 2.24) is 4.90 Å². The lowest BCUT2D eigenvalue weighted by Crippen LogP contribution is -2.17. The number of rotatable bonds is 6. The van der Waals surface area contributed by atoms with E-state index in [4.69, 9.17) is 0 Å². The summed E-state index contributed by atoms with van der Waals surface area (Å²) in [6, 6.07) is 9.35. The molecular weight excluding hydrogens is 196 g/mol. The van der Waals surface area contributed by atoms with E-state index in [1.165, 1.54) is 24.1 Å². The van der Waals surface area contributed by atoms with Crippen LogP contribution in [-0.4, -0.2) is 25.0 Å². The van der Waals surface area contributed by atoms with Crippen molar-refractivity contribution in [3.05, 3.63) is 29.8 Å². The van der Waals surface area contributed by atoms with E-state index >= 15 is 0 Å². The SMILES string of the molecule is CCC(CC)Nc1ccc(CN(C)C)cc1. The minimum atomic E-state index is 0.597. The van der Waals surface area contributed by atoms with E-state index in [0.717, 1.165) is 6.54 Å². The molecule has 1 rings (SSSR count). The summed E-state index contributed by atoms with van der Waals surface area (Å²) >= 11 is 0. The quantitative estimate of drug-likeness (QED) is 0.791. The highest BCUT2D eigenvalue weighted by Crippen LogP contribution is 2.13. The molecule has 0 spiro atoms. The molecule has 0 heterocycles. The zero-order chi connectivity index (χ0) is 12.0. The van der Waals surface area contributed by atoms with Crippen LogP contribution in [0.3, 0.4) is 0 Å². The Labute approximate surface area is 99.7 Å². The van der Waals surface area contributed by atoms with Crippen LogP contribution in [0.4, 0.5) is 5.69 Å². The normalized spacial score (nSPS) is 11.1. The van der Waals surface area contributed by atoms with Gasteiger partial charge in [-0.2, -0.15) is 0 Å². The van der Waals surface area contributed by atoms with Gasteiger partial charge in [-0.3, -0.25) is 0 Å². The summed E-state index contributed by atoms with van der Waals surface area (Å²) in [4.78, 5) is 2.18. The second-order valence-corrected chi connectivity index (χ2v) is 4.59. The van der Waals surface area contributed by atoms with Gasteiger partial charge < -0.3 is 10.2 Å². The lowest BCUT2D eigenvalue weighted by atomic mass is 10.1. The summed E-state index contributed by atoms with van der Waals surface area (Å²) in [6.45, 7) is 5.45. The number of anilines is 1. The van der Waals surface area contributed by atoms with Crippen LogP contribution >= 0.6 is 0 Å². The van der Waals surface area contributed by atoms with Crippen LogP contribution in [0.15, 0.2) is 24.3 Å². The molecule has 1 aromatic carbocycles. The van der Waals surface area contributed by atoms with E-state index in [1.807, 2.05) is 0 Å². The van der Waals surface area contributed by atoms with Crippen molar-refractivity contribution < 1.29 is 0 Å². The molecule has 0 fully saturated rings. The van der Waals surface area contributed by atoms with Crippen LogP contribution in [0.5, 0.6) is 0 Å². The third kappa shape index (κ3) is 4.23. The third-order valence-electron chi connectivity index (χ3n) is 2.81. The number of hydrogen-bond acceptors (Lipinski definition) is 2. The van der Waals surface area contributed by atoms with E-state index in [-0.39, 0.29) is 0 Å². The van der Waals surface area contributed by atoms with Gasteiger partial charge in [-0.15, -0.1) is 0 Å². The fourth-order valence-corrected chi connectivity index (χ4v) is 1.80. The largest absolute Gasteiger partial charge is 0.382 e. The molecule has 16 heavy (non-hydrogen) atoms.